The molecule has 0 aliphatic rings. The maximum atomic E-state index is 5.88. The average Bonchev–Trinajstić information content (AvgIpc) is 2.35. The van der Waals surface area contributed by atoms with Gasteiger partial charge in [0.25, 0.3) is 0 Å². The van der Waals surface area contributed by atoms with Crippen LogP contribution >= 0.6 is 27.5 Å². The topological polar surface area (TPSA) is 55.0 Å². The van der Waals surface area contributed by atoms with Crippen LogP contribution in [-0.2, 0) is 6.54 Å². The van der Waals surface area contributed by atoms with Crippen LogP contribution in [0.1, 0.15) is 5.56 Å². The minimum atomic E-state index is 0.277. The molecule has 0 spiro atoms. The van der Waals surface area contributed by atoms with Crippen molar-refractivity contribution >= 4 is 39.0 Å². The first kappa shape index (κ1) is 13.1. The molecule has 0 unspecified atom stereocenters. The summed E-state index contributed by atoms with van der Waals surface area (Å²) in [6, 6.07) is 8.01. The number of benzene rings is 1. The highest BCUT2D eigenvalue weighted by Gasteiger charge is 2.12. The summed E-state index contributed by atoms with van der Waals surface area (Å²) in [5, 5.41) is 0.277. The molecule has 0 amide bonds. The number of halogens is 2. The van der Waals surface area contributed by atoms with Crippen LogP contribution in [0, 0.1) is 0 Å². The van der Waals surface area contributed by atoms with Crippen molar-refractivity contribution in [2.24, 2.45) is 0 Å². The summed E-state index contributed by atoms with van der Waals surface area (Å²) in [6.45, 7) is 0.680. The molecule has 0 bridgehead atoms. The molecular formula is C12H12BrClN4. The summed E-state index contributed by atoms with van der Waals surface area (Å²) in [5.41, 5.74) is 7.41. The second-order valence-electron chi connectivity index (χ2n) is 3.85. The molecule has 4 nitrogen and oxygen atoms in total. The molecule has 2 aromatic rings. The molecule has 0 atom stereocenters. The van der Waals surface area contributed by atoms with Crippen LogP contribution in [0.2, 0.25) is 5.15 Å². The van der Waals surface area contributed by atoms with E-state index in [0.717, 1.165) is 10.0 Å². The molecule has 0 fully saturated rings. The molecule has 0 aliphatic carbocycles. The summed E-state index contributed by atoms with van der Waals surface area (Å²) in [7, 11) is 1.91. The van der Waals surface area contributed by atoms with Gasteiger partial charge in [0, 0.05) is 18.1 Å². The maximum Gasteiger partial charge on any atom is 0.157 e. The molecule has 1 aromatic heterocycles. The molecule has 0 radical (unpaired) electrons. The van der Waals surface area contributed by atoms with Gasteiger partial charge in [-0.1, -0.05) is 45.7 Å². The molecule has 0 saturated heterocycles. The Bertz CT molecular complexity index is 562. The molecule has 1 aromatic carbocycles. The molecule has 2 rings (SSSR count). The van der Waals surface area contributed by atoms with Crippen LogP contribution in [0.3, 0.4) is 0 Å². The van der Waals surface area contributed by atoms with Gasteiger partial charge >= 0.3 is 0 Å². The van der Waals surface area contributed by atoms with Crippen molar-refractivity contribution in [1.82, 2.24) is 9.97 Å². The zero-order valence-electron chi connectivity index (χ0n) is 9.77. The van der Waals surface area contributed by atoms with Gasteiger partial charge in [-0.25, -0.2) is 9.97 Å². The molecule has 94 valence electrons. The second-order valence-corrected chi connectivity index (χ2v) is 5.06. The van der Waals surface area contributed by atoms with Gasteiger partial charge in [0.1, 0.15) is 12.0 Å². The van der Waals surface area contributed by atoms with E-state index in [1.54, 1.807) is 0 Å². The van der Waals surface area contributed by atoms with E-state index in [2.05, 4.69) is 25.9 Å². The van der Waals surface area contributed by atoms with Crippen molar-refractivity contribution in [3.05, 3.63) is 45.8 Å². The maximum absolute atomic E-state index is 5.88. The smallest absolute Gasteiger partial charge is 0.157 e. The highest BCUT2D eigenvalue weighted by molar-refractivity contribution is 9.10. The zero-order valence-corrected chi connectivity index (χ0v) is 12.1. The summed E-state index contributed by atoms with van der Waals surface area (Å²) >= 11 is 9.39. The Balaban J connectivity index is 2.25. The Morgan fingerprint density at radius 3 is 2.78 bits per heavy atom. The normalized spacial score (nSPS) is 10.4. The van der Waals surface area contributed by atoms with E-state index in [1.165, 1.54) is 6.33 Å². The van der Waals surface area contributed by atoms with Crippen LogP contribution in [0.25, 0.3) is 0 Å². The largest absolute Gasteiger partial charge is 0.393 e. The van der Waals surface area contributed by atoms with Crippen LogP contribution < -0.4 is 10.6 Å². The van der Waals surface area contributed by atoms with Crippen molar-refractivity contribution in [2.45, 2.75) is 6.54 Å². The number of nitrogens with zero attached hydrogens (tertiary/aromatic N) is 3. The third kappa shape index (κ3) is 2.73. The number of nitrogens with two attached hydrogens (primary N) is 1. The van der Waals surface area contributed by atoms with Gasteiger partial charge in [-0.05, 0) is 11.6 Å². The van der Waals surface area contributed by atoms with Crippen LogP contribution in [-0.4, -0.2) is 17.0 Å². The fourth-order valence-electron chi connectivity index (χ4n) is 1.63. The first-order valence-corrected chi connectivity index (χ1v) is 6.47. The predicted molar refractivity (Wildman–Crippen MR) is 77.7 cm³/mol. The van der Waals surface area contributed by atoms with Crippen molar-refractivity contribution in [1.29, 1.82) is 0 Å². The average molecular weight is 328 g/mol. The van der Waals surface area contributed by atoms with Crippen LogP contribution in [0.15, 0.2) is 35.1 Å². The fraction of sp³-hybridized carbons (Fsp3) is 0.167. The number of nitrogen functional groups attached to an aromatic ring is 1. The molecule has 0 aliphatic heterocycles. The van der Waals surface area contributed by atoms with E-state index in [-0.39, 0.29) is 5.15 Å². The van der Waals surface area contributed by atoms with Crippen LogP contribution in [0.5, 0.6) is 0 Å². The van der Waals surface area contributed by atoms with Gasteiger partial charge in [0.15, 0.2) is 11.0 Å². The van der Waals surface area contributed by atoms with E-state index in [1.807, 2.05) is 36.2 Å². The molecular weight excluding hydrogens is 316 g/mol. The summed E-state index contributed by atoms with van der Waals surface area (Å²) in [4.78, 5) is 9.93. The number of rotatable bonds is 3. The van der Waals surface area contributed by atoms with Crippen LogP contribution in [0.4, 0.5) is 11.5 Å². The number of hydrogen-bond acceptors (Lipinski definition) is 4. The Labute approximate surface area is 119 Å². The van der Waals surface area contributed by atoms with Crippen molar-refractivity contribution in [2.75, 3.05) is 17.7 Å². The van der Waals surface area contributed by atoms with Gasteiger partial charge in [-0.15, -0.1) is 0 Å². The van der Waals surface area contributed by atoms with Gasteiger partial charge in [0.2, 0.25) is 0 Å². The van der Waals surface area contributed by atoms with E-state index in [9.17, 15) is 0 Å². The third-order valence-electron chi connectivity index (χ3n) is 2.54. The first-order chi connectivity index (χ1) is 8.59. The molecule has 18 heavy (non-hydrogen) atoms. The summed E-state index contributed by atoms with van der Waals surface area (Å²) in [6.07, 6.45) is 1.41. The Morgan fingerprint density at radius 1 is 1.33 bits per heavy atom. The third-order valence-corrected chi connectivity index (χ3v) is 3.62. The van der Waals surface area contributed by atoms with E-state index >= 15 is 0 Å². The molecule has 0 saturated carbocycles. The lowest BCUT2D eigenvalue weighted by atomic mass is 10.2. The minimum absolute atomic E-state index is 0.277. The predicted octanol–water partition coefficient (Wildman–Crippen LogP) is 3.11. The van der Waals surface area contributed by atoms with Crippen molar-refractivity contribution < 1.29 is 0 Å². The monoisotopic (exact) mass is 326 g/mol. The molecule has 1 heterocycles. The zero-order chi connectivity index (χ0) is 13.1. The Kier molecular flexibility index (Phi) is 4.04. The number of aromatic nitrogens is 2. The lowest BCUT2D eigenvalue weighted by Crippen LogP contribution is -2.19. The molecule has 6 heteroatoms. The lowest BCUT2D eigenvalue weighted by molar-refractivity contribution is 0.890. The van der Waals surface area contributed by atoms with Crippen molar-refractivity contribution in [3.63, 3.8) is 0 Å². The van der Waals surface area contributed by atoms with Gasteiger partial charge in [0.05, 0.1) is 0 Å². The second kappa shape index (κ2) is 5.54. The minimum Gasteiger partial charge on any atom is -0.393 e. The summed E-state index contributed by atoms with van der Waals surface area (Å²) < 4.78 is 1.05. The van der Waals surface area contributed by atoms with E-state index < -0.39 is 0 Å². The number of anilines is 2. The number of hydrogen-bond donors (Lipinski definition) is 1. The highest BCUT2D eigenvalue weighted by Crippen LogP contribution is 2.27. The summed E-state index contributed by atoms with van der Waals surface area (Å²) in [5.74, 6) is 0.630. The van der Waals surface area contributed by atoms with E-state index in [0.29, 0.717) is 18.1 Å². The van der Waals surface area contributed by atoms with Gasteiger partial charge < -0.3 is 10.6 Å². The standard InChI is InChI=1S/C12H12BrClN4/c1-18(6-8-4-2-3-5-9(8)13)12-10(15)11(14)16-7-17-12/h2-5,7H,6,15H2,1H3. The Hall–Kier alpha value is -1.33. The lowest BCUT2D eigenvalue weighted by Gasteiger charge is -2.20. The quantitative estimate of drug-likeness (QED) is 0.880. The van der Waals surface area contributed by atoms with Gasteiger partial charge in [-0.2, -0.15) is 0 Å². The van der Waals surface area contributed by atoms with Crippen molar-refractivity contribution in [3.8, 4) is 0 Å². The first-order valence-electron chi connectivity index (χ1n) is 5.30. The van der Waals surface area contributed by atoms with Gasteiger partial charge in [-0.3, -0.25) is 0 Å². The SMILES string of the molecule is CN(Cc1ccccc1Br)c1ncnc(Cl)c1N. The molecule has 2 N–H and O–H groups in total. The highest BCUT2D eigenvalue weighted by atomic mass is 79.9. The van der Waals surface area contributed by atoms with E-state index in [4.69, 9.17) is 17.3 Å². The fourth-order valence-corrected chi connectivity index (χ4v) is 2.17. The Morgan fingerprint density at radius 2 is 2.06 bits per heavy atom.